The molecule has 0 fully saturated rings. The van der Waals surface area contributed by atoms with Crippen molar-refractivity contribution in [2.75, 3.05) is 24.9 Å². The number of benzene rings is 2. The number of allylic oxidation sites excluding steroid dienone is 4. The van der Waals surface area contributed by atoms with E-state index in [1.165, 1.54) is 14.2 Å². The average molecular weight is 549 g/mol. The van der Waals surface area contributed by atoms with Gasteiger partial charge in [0, 0.05) is 0 Å². The van der Waals surface area contributed by atoms with Gasteiger partial charge in [-0.25, -0.2) is 0 Å². The number of anilines is 2. The Morgan fingerprint density at radius 2 is 0.975 bits per heavy atom. The molecule has 0 spiro atoms. The lowest BCUT2D eigenvalue weighted by Gasteiger charge is -2.25. The molecule has 0 bridgehead atoms. The Kier molecular flexibility index (Phi) is 8.88. The summed E-state index contributed by atoms with van der Waals surface area (Å²) in [6.07, 6.45) is 8.51. The zero-order valence-corrected chi connectivity index (χ0v) is 22.3. The van der Waals surface area contributed by atoms with Crippen LogP contribution in [0.4, 0.5) is 11.4 Å². The van der Waals surface area contributed by atoms with E-state index in [1.54, 1.807) is 48.6 Å². The summed E-state index contributed by atoms with van der Waals surface area (Å²) in [5.74, 6) is -4.93. The van der Waals surface area contributed by atoms with E-state index in [0.29, 0.717) is 48.6 Å². The Hall–Kier alpha value is -4.60. The van der Waals surface area contributed by atoms with E-state index in [2.05, 4.69) is 10.6 Å². The van der Waals surface area contributed by atoms with Crippen LogP contribution in [0.5, 0.6) is 11.5 Å². The van der Waals surface area contributed by atoms with Crippen LogP contribution in [0, 0.1) is 23.7 Å². The van der Waals surface area contributed by atoms with Crippen LogP contribution in [0.3, 0.4) is 0 Å². The van der Waals surface area contributed by atoms with Crippen LogP contribution in [0.15, 0.2) is 60.7 Å². The van der Waals surface area contributed by atoms with Crippen molar-refractivity contribution in [3.63, 3.8) is 0 Å². The summed E-state index contributed by atoms with van der Waals surface area (Å²) in [6, 6.07) is 10.4. The van der Waals surface area contributed by atoms with Gasteiger partial charge in [-0.1, -0.05) is 36.4 Å². The molecule has 210 valence electrons. The second-order valence-corrected chi connectivity index (χ2v) is 9.80. The lowest BCUT2D eigenvalue weighted by Crippen LogP contribution is -2.34. The number of ether oxygens (including phenoxy) is 2. The number of nitrogens with one attached hydrogen (secondary N) is 2. The topological polar surface area (TPSA) is 151 Å². The number of hydrogen-bond donors (Lipinski definition) is 4. The third kappa shape index (κ3) is 6.17. The molecule has 0 saturated carbocycles. The van der Waals surface area contributed by atoms with Crippen LogP contribution >= 0.6 is 0 Å². The molecule has 4 atom stereocenters. The van der Waals surface area contributed by atoms with Gasteiger partial charge >= 0.3 is 11.9 Å². The molecule has 40 heavy (non-hydrogen) atoms. The van der Waals surface area contributed by atoms with Crippen LogP contribution in [0.1, 0.15) is 25.7 Å². The number of carboxylic acids is 2. The van der Waals surface area contributed by atoms with Crippen LogP contribution in [-0.2, 0) is 19.2 Å². The van der Waals surface area contributed by atoms with Gasteiger partial charge < -0.3 is 30.3 Å². The highest BCUT2D eigenvalue weighted by Gasteiger charge is 2.35. The molecule has 4 unspecified atom stereocenters. The van der Waals surface area contributed by atoms with E-state index < -0.39 is 35.6 Å². The normalized spacial score (nSPS) is 21.8. The molecule has 10 heteroatoms. The van der Waals surface area contributed by atoms with Gasteiger partial charge in [0.05, 0.1) is 49.3 Å². The zero-order valence-electron chi connectivity index (χ0n) is 22.3. The number of aliphatic carboxylic acids is 2. The Balaban J connectivity index is 1.52. The molecule has 0 aromatic heterocycles. The molecule has 2 aromatic rings. The number of methoxy groups -OCH3 is 2. The minimum Gasteiger partial charge on any atom is -0.495 e. The largest absolute Gasteiger partial charge is 0.495 e. The monoisotopic (exact) mass is 548 g/mol. The Morgan fingerprint density at radius 3 is 1.30 bits per heavy atom. The molecule has 0 heterocycles. The number of hydrogen-bond acceptors (Lipinski definition) is 6. The summed E-state index contributed by atoms with van der Waals surface area (Å²) in [4.78, 5) is 49.1. The van der Waals surface area contributed by atoms with Crippen molar-refractivity contribution in [3.05, 3.63) is 60.7 Å². The molecule has 2 aliphatic carbocycles. The van der Waals surface area contributed by atoms with Crippen LogP contribution in [0.25, 0.3) is 11.1 Å². The van der Waals surface area contributed by atoms with E-state index in [1.807, 2.05) is 12.2 Å². The van der Waals surface area contributed by atoms with E-state index in [0.717, 1.165) is 11.1 Å². The Labute approximate surface area is 231 Å². The standard InChI is InChI=1S/C30H32N2O8/c1-39-25-15-17(11-13-23(25)31-27(33)19-7-3-5-9-21(19)29(35)36)18-12-14-24(26(16-18)40-2)32-28(34)20-8-4-6-10-22(20)30(37)38/h3-6,11-16,19-22H,7-10H2,1-2H3,(H,31,33)(H,32,34)(H,35,36)(H,37,38). The van der Waals surface area contributed by atoms with Crippen molar-refractivity contribution in [1.29, 1.82) is 0 Å². The molecule has 0 aliphatic heterocycles. The highest BCUT2D eigenvalue weighted by Crippen LogP contribution is 2.37. The first-order valence-electron chi connectivity index (χ1n) is 13.0. The molecular weight excluding hydrogens is 516 g/mol. The molecule has 4 rings (SSSR count). The first-order valence-corrected chi connectivity index (χ1v) is 13.0. The fourth-order valence-corrected chi connectivity index (χ4v) is 5.15. The highest BCUT2D eigenvalue weighted by atomic mass is 16.5. The summed E-state index contributed by atoms with van der Waals surface area (Å²) in [5.41, 5.74) is 2.33. The maximum Gasteiger partial charge on any atom is 0.307 e. The summed E-state index contributed by atoms with van der Waals surface area (Å²) in [5, 5.41) is 24.6. The maximum atomic E-state index is 12.9. The predicted molar refractivity (Wildman–Crippen MR) is 148 cm³/mol. The zero-order chi connectivity index (χ0) is 28.8. The number of amides is 2. The van der Waals surface area contributed by atoms with Crippen LogP contribution in [-0.4, -0.2) is 48.2 Å². The van der Waals surface area contributed by atoms with Gasteiger partial charge in [0.1, 0.15) is 11.5 Å². The first-order chi connectivity index (χ1) is 19.2. The van der Waals surface area contributed by atoms with E-state index in [4.69, 9.17) is 9.47 Å². The van der Waals surface area contributed by atoms with E-state index in [-0.39, 0.29) is 11.8 Å². The van der Waals surface area contributed by atoms with Crippen LogP contribution < -0.4 is 20.1 Å². The highest BCUT2D eigenvalue weighted by molar-refractivity contribution is 5.98. The summed E-state index contributed by atoms with van der Waals surface area (Å²) in [7, 11) is 2.95. The van der Waals surface area contributed by atoms with Gasteiger partial charge in [-0.05, 0) is 61.1 Å². The third-order valence-electron chi connectivity index (χ3n) is 7.42. The smallest absolute Gasteiger partial charge is 0.307 e. The first kappa shape index (κ1) is 28.4. The average Bonchev–Trinajstić information content (AvgIpc) is 2.97. The number of rotatable bonds is 9. The third-order valence-corrected chi connectivity index (χ3v) is 7.42. The quantitative estimate of drug-likeness (QED) is 0.333. The fourth-order valence-electron chi connectivity index (χ4n) is 5.15. The van der Waals surface area contributed by atoms with Crippen molar-refractivity contribution < 1.29 is 38.9 Å². The second-order valence-electron chi connectivity index (χ2n) is 9.80. The molecule has 2 aromatic carbocycles. The number of carbonyl (C=O) groups excluding carboxylic acids is 2. The summed E-state index contributed by atoms with van der Waals surface area (Å²) in [6.45, 7) is 0. The van der Waals surface area contributed by atoms with Crippen LogP contribution in [0.2, 0.25) is 0 Å². The summed E-state index contributed by atoms with van der Waals surface area (Å²) < 4.78 is 11.0. The number of carboxylic acid groups (broad SMARTS) is 2. The molecule has 0 radical (unpaired) electrons. The SMILES string of the molecule is COc1cc(-c2ccc(NC(=O)C3CC=CCC3C(=O)O)c(OC)c2)ccc1NC(=O)C1CC=CCC1C(=O)O. The molecular formula is C30H32N2O8. The second kappa shape index (κ2) is 12.5. The predicted octanol–water partition coefficient (Wildman–Crippen LogP) is 4.58. The van der Waals surface area contributed by atoms with Gasteiger partial charge in [0.15, 0.2) is 0 Å². The molecule has 10 nitrogen and oxygen atoms in total. The van der Waals surface area contributed by atoms with Gasteiger partial charge in [-0.2, -0.15) is 0 Å². The molecule has 2 aliphatic rings. The Morgan fingerprint density at radius 1 is 0.625 bits per heavy atom. The molecule has 2 amide bonds. The van der Waals surface area contributed by atoms with Crippen molar-refractivity contribution in [3.8, 4) is 22.6 Å². The lowest BCUT2D eigenvalue weighted by atomic mass is 9.82. The molecule has 4 N–H and O–H groups in total. The number of carbonyl (C=O) groups is 4. The minimum atomic E-state index is -1.00. The van der Waals surface area contributed by atoms with E-state index in [9.17, 15) is 29.4 Å². The van der Waals surface area contributed by atoms with Crippen molar-refractivity contribution in [1.82, 2.24) is 0 Å². The van der Waals surface area contributed by atoms with E-state index >= 15 is 0 Å². The fraction of sp³-hybridized carbons (Fsp3) is 0.333. The van der Waals surface area contributed by atoms with Crippen molar-refractivity contribution >= 4 is 35.1 Å². The lowest BCUT2D eigenvalue weighted by molar-refractivity contribution is -0.146. The Bertz CT molecular complexity index is 1260. The minimum absolute atomic E-state index is 0.305. The summed E-state index contributed by atoms with van der Waals surface area (Å²) >= 11 is 0. The van der Waals surface area contributed by atoms with Crippen molar-refractivity contribution in [2.45, 2.75) is 25.7 Å². The van der Waals surface area contributed by atoms with Gasteiger partial charge in [-0.15, -0.1) is 0 Å². The van der Waals surface area contributed by atoms with Gasteiger partial charge in [-0.3, -0.25) is 19.2 Å². The molecule has 0 saturated heterocycles. The van der Waals surface area contributed by atoms with Gasteiger partial charge in [0.25, 0.3) is 0 Å². The maximum absolute atomic E-state index is 12.9. The van der Waals surface area contributed by atoms with Gasteiger partial charge in [0.2, 0.25) is 11.8 Å². The van der Waals surface area contributed by atoms with Crippen molar-refractivity contribution in [2.24, 2.45) is 23.7 Å².